The molecule has 0 atom stereocenters. The van der Waals surface area contributed by atoms with Gasteiger partial charge in [-0.15, -0.1) is 0 Å². The molecule has 6 nitrogen and oxygen atoms in total. The molecule has 1 aliphatic rings. The number of fused-ring (bicyclic) bond motifs is 1. The van der Waals surface area contributed by atoms with E-state index in [-0.39, 0.29) is 19.0 Å². The van der Waals surface area contributed by atoms with Crippen molar-refractivity contribution >= 4 is 23.4 Å². The lowest BCUT2D eigenvalue weighted by molar-refractivity contribution is -0.119. The molecule has 0 radical (unpaired) electrons. The van der Waals surface area contributed by atoms with Crippen molar-refractivity contribution in [3.63, 3.8) is 0 Å². The van der Waals surface area contributed by atoms with Crippen molar-refractivity contribution in [2.75, 3.05) is 11.4 Å². The number of hydrogen-bond acceptors (Lipinski definition) is 4. The summed E-state index contributed by atoms with van der Waals surface area (Å²) < 4.78 is 5.38. The molecule has 0 fully saturated rings. The quantitative estimate of drug-likeness (QED) is 0.642. The Morgan fingerprint density at radius 2 is 1.57 bits per heavy atom. The fraction of sp³-hybridized carbons (Fsp3) is 0.136. The number of benzene rings is 2. The normalized spacial score (nSPS) is 13.0. The monoisotopic (exact) mass is 374 g/mol. The second kappa shape index (κ2) is 7.15. The summed E-state index contributed by atoms with van der Waals surface area (Å²) in [6, 6.07) is 17.6. The predicted octanol–water partition coefficient (Wildman–Crippen LogP) is 3.42. The van der Waals surface area contributed by atoms with E-state index < -0.39 is 11.8 Å². The standard InChI is InChI=1S/C22H18N2O4/c1-15-8-10-16(11-9-15)23(13-17-5-4-12-28-17)20(25)14-24-21(26)18-6-2-3-7-19(18)22(24)27/h2-12H,13-14H2,1H3. The molecule has 0 bridgehead atoms. The van der Waals surface area contributed by atoms with E-state index in [2.05, 4.69) is 0 Å². The summed E-state index contributed by atoms with van der Waals surface area (Å²) in [4.78, 5) is 40.8. The average molecular weight is 374 g/mol. The molecule has 28 heavy (non-hydrogen) atoms. The third-order valence-corrected chi connectivity index (χ3v) is 4.71. The van der Waals surface area contributed by atoms with Crippen LogP contribution in [-0.4, -0.2) is 29.2 Å². The van der Waals surface area contributed by atoms with Crippen molar-refractivity contribution in [1.29, 1.82) is 0 Å². The predicted molar refractivity (Wildman–Crippen MR) is 103 cm³/mol. The maximum absolute atomic E-state index is 13.1. The molecule has 3 amide bonds. The smallest absolute Gasteiger partial charge is 0.262 e. The highest BCUT2D eigenvalue weighted by Crippen LogP contribution is 2.24. The number of anilines is 1. The summed E-state index contributed by atoms with van der Waals surface area (Å²) in [6.45, 7) is 1.83. The number of amides is 3. The number of hydrogen-bond donors (Lipinski definition) is 0. The van der Waals surface area contributed by atoms with Crippen LogP contribution in [0.5, 0.6) is 0 Å². The highest BCUT2D eigenvalue weighted by Gasteiger charge is 2.37. The number of nitrogens with zero attached hydrogens (tertiary/aromatic N) is 2. The van der Waals surface area contributed by atoms with Crippen LogP contribution in [0.2, 0.25) is 0 Å². The summed E-state index contributed by atoms with van der Waals surface area (Å²) in [5, 5.41) is 0. The van der Waals surface area contributed by atoms with Gasteiger partial charge in [-0.3, -0.25) is 19.3 Å². The Labute approximate surface area is 162 Å². The molecular formula is C22H18N2O4. The first-order chi connectivity index (χ1) is 13.5. The Kier molecular flexibility index (Phi) is 4.53. The van der Waals surface area contributed by atoms with Crippen LogP contribution >= 0.6 is 0 Å². The van der Waals surface area contributed by atoms with Gasteiger partial charge in [0.2, 0.25) is 5.91 Å². The number of carbonyl (C=O) groups excluding carboxylic acids is 3. The maximum atomic E-state index is 13.1. The van der Waals surface area contributed by atoms with Gasteiger partial charge in [-0.05, 0) is 43.3 Å². The lowest BCUT2D eigenvalue weighted by atomic mass is 10.1. The lowest BCUT2D eigenvalue weighted by Gasteiger charge is -2.24. The van der Waals surface area contributed by atoms with Gasteiger partial charge in [-0.1, -0.05) is 29.8 Å². The van der Waals surface area contributed by atoms with Crippen LogP contribution in [0.15, 0.2) is 71.3 Å². The minimum Gasteiger partial charge on any atom is -0.467 e. The fourth-order valence-corrected chi connectivity index (χ4v) is 3.21. The molecule has 2 heterocycles. The van der Waals surface area contributed by atoms with Gasteiger partial charge in [-0.2, -0.15) is 0 Å². The van der Waals surface area contributed by atoms with Crippen LogP contribution in [0.3, 0.4) is 0 Å². The zero-order chi connectivity index (χ0) is 19.7. The van der Waals surface area contributed by atoms with Crippen LogP contribution in [0.25, 0.3) is 0 Å². The number of aryl methyl sites for hydroxylation is 1. The number of rotatable bonds is 5. The first kappa shape index (κ1) is 17.7. The van der Waals surface area contributed by atoms with Gasteiger partial charge in [0.15, 0.2) is 0 Å². The second-order valence-corrected chi connectivity index (χ2v) is 6.64. The third kappa shape index (κ3) is 3.20. The van der Waals surface area contributed by atoms with Crippen molar-refractivity contribution < 1.29 is 18.8 Å². The summed E-state index contributed by atoms with van der Waals surface area (Å²) in [7, 11) is 0. The fourth-order valence-electron chi connectivity index (χ4n) is 3.21. The molecule has 0 saturated carbocycles. The van der Waals surface area contributed by atoms with Crippen LogP contribution in [0, 0.1) is 6.92 Å². The van der Waals surface area contributed by atoms with Crippen LogP contribution in [0.1, 0.15) is 32.0 Å². The summed E-state index contributed by atoms with van der Waals surface area (Å²) in [5.74, 6) is -0.655. The van der Waals surface area contributed by atoms with Gasteiger partial charge in [0.1, 0.15) is 12.3 Å². The molecular weight excluding hydrogens is 356 g/mol. The van der Waals surface area contributed by atoms with Crippen molar-refractivity contribution in [2.24, 2.45) is 0 Å². The van der Waals surface area contributed by atoms with Gasteiger partial charge in [0.05, 0.1) is 23.9 Å². The van der Waals surface area contributed by atoms with E-state index in [0.717, 1.165) is 10.5 Å². The van der Waals surface area contributed by atoms with Crippen LogP contribution in [-0.2, 0) is 11.3 Å². The average Bonchev–Trinajstić information content (AvgIpc) is 3.30. The zero-order valence-corrected chi connectivity index (χ0v) is 15.3. The molecule has 6 heteroatoms. The Bertz CT molecular complexity index is 1000. The van der Waals surface area contributed by atoms with Crippen molar-refractivity contribution in [1.82, 2.24) is 4.90 Å². The van der Waals surface area contributed by atoms with Crippen molar-refractivity contribution in [3.05, 3.63) is 89.4 Å². The zero-order valence-electron chi connectivity index (χ0n) is 15.3. The SMILES string of the molecule is Cc1ccc(N(Cc2ccco2)C(=O)CN2C(=O)c3ccccc3C2=O)cc1. The highest BCUT2D eigenvalue weighted by molar-refractivity contribution is 6.22. The molecule has 0 unspecified atom stereocenters. The molecule has 4 rings (SSSR count). The number of furan rings is 1. The Hall–Kier alpha value is -3.67. The molecule has 1 aliphatic heterocycles. The topological polar surface area (TPSA) is 70.8 Å². The molecule has 0 spiro atoms. The minimum absolute atomic E-state index is 0.206. The molecule has 0 saturated heterocycles. The first-order valence-electron chi connectivity index (χ1n) is 8.89. The van der Waals surface area contributed by atoms with E-state index in [1.807, 2.05) is 31.2 Å². The number of imide groups is 1. The van der Waals surface area contributed by atoms with E-state index in [1.165, 1.54) is 11.2 Å². The third-order valence-electron chi connectivity index (χ3n) is 4.71. The van der Waals surface area contributed by atoms with Gasteiger partial charge in [-0.25, -0.2) is 0 Å². The molecule has 0 N–H and O–H groups in total. The van der Waals surface area contributed by atoms with Gasteiger partial charge in [0.25, 0.3) is 11.8 Å². The van der Waals surface area contributed by atoms with E-state index in [9.17, 15) is 14.4 Å². The Morgan fingerprint density at radius 1 is 0.929 bits per heavy atom. The van der Waals surface area contributed by atoms with E-state index in [1.54, 1.807) is 36.4 Å². The van der Waals surface area contributed by atoms with Crippen molar-refractivity contribution in [3.8, 4) is 0 Å². The van der Waals surface area contributed by atoms with Crippen LogP contribution in [0.4, 0.5) is 5.69 Å². The number of carbonyl (C=O) groups is 3. The second-order valence-electron chi connectivity index (χ2n) is 6.64. The first-order valence-corrected chi connectivity index (χ1v) is 8.89. The van der Waals surface area contributed by atoms with Gasteiger partial charge >= 0.3 is 0 Å². The largest absolute Gasteiger partial charge is 0.467 e. The molecule has 0 aliphatic carbocycles. The maximum Gasteiger partial charge on any atom is 0.262 e. The van der Waals surface area contributed by atoms with Gasteiger partial charge < -0.3 is 9.32 Å². The molecule has 1 aromatic heterocycles. The van der Waals surface area contributed by atoms with E-state index >= 15 is 0 Å². The van der Waals surface area contributed by atoms with E-state index in [0.29, 0.717) is 22.6 Å². The molecule has 140 valence electrons. The Morgan fingerprint density at radius 3 is 2.14 bits per heavy atom. The van der Waals surface area contributed by atoms with E-state index in [4.69, 9.17) is 4.42 Å². The Balaban J connectivity index is 1.60. The highest BCUT2D eigenvalue weighted by atomic mass is 16.3. The summed E-state index contributed by atoms with van der Waals surface area (Å²) >= 11 is 0. The molecule has 2 aromatic carbocycles. The van der Waals surface area contributed by atoms with Crippen LogP contribution < -0.4 is 4.90 Å². The lowest BCUT2D eigenvalue weighted by Crippen LogP contribution is -2.42. The summed E-state index contributed by atoms with van der Waals surface area (Å²) in [5.41, 5.74) is 2.39. The summed E-state index contributed by atoms with van der Waals surface area (Å²) in [6.07, 6.45) is 1.54. The van der Waals surface area contributed by atoms with Crippen molar-refractivity contribution in [2.45, 2.75) is 13.5 Å². The van der Waals surface area contributed by atoms with Gasteiger partial charge in [0, 0.05) is 5.69 Å². The molecule has 3 aromatic rings. The minimum atomic E-state index is -0.448.